The van der Waals surface area contributed by atoms with Crippen molar-refractivity contribution in [1.29, 1.82) is 0 Å². The molecule has 6 heteroatoms. The average molecular weight is 335 g/mol. The van der Waals surface area contributed by atoms with E-state index >= 15 is 0 Å². The van der Waals surface area contributed by atoms with Gasteiger partial charge in [-0.05, 0) is 49.9 Å². The van der Waals surface area contributed by atoms with E-state index in [4.69, 9.17) is 4.74 Å². The van der Waals surface area contributed by atoms with Gasteiger partial charge in [-0.1, -0.05) is 23.8 Å². The number of rotatable bonds is 5. The molecule has 2 aromatic carbocycles. The summed E-state index contributed by atoms with van der Waals surface area (Å²) in [6, 6.07) is 10.5. The minimum absolute atomic E-state index is 0.0562. The highest BCUT2D eigenvalue weighted by Gasteiger charge is 2.29. The van der Waals surface area contributed by atoms with Gasteiger partial charge in [-0.15, -0.1) is 0 Å². The third kappa shape index (κ3) is 3.59. The van der Waals surface area contributed by atoms with Crippen LogP contribution in [0.25, 0.3) is 0 Å². The van der Waals surface area contributed by atoms with Gasteiger partial charge in [-0.3, -0.25) is 4.99 Å². The molecule has 0 aliphatic heterocycles. The Morgan fingerprint density at radius 2 is 1.83 bits per heavy atom. The molecule has 2 rings (SSSR count). The van der Waals surface area contributed by atoms with Crippen LogP contribution in [0.15, 0.2) is 52.4 Å². The molecule has 0 heterocycles. The molecular formula is C17H18FNO3S. The Morgan fingerprint density at radius 3 is 2.35 bits per heavy atom. The predicted octanol–water partition coefficient (Wildman–Crippen LogP) is 3.71. The van der Waals surface area contributed by atoms with Crippen molar-refractivity contribution in [3.8, 4) is 5.75 Å². The first kappa shape index (κ1) is 17.1. The van der Waals surface area contributed by atoms with Crippen LogP contribution in [-0.2, 0) is 9.84 Å². The summed E-state index contributed by atoms with van der Waals surface area (Å²) in [7, 11) is -2.42. The summed E-state index contributed by atoms with van der Waals surface area (Å²) in [6.45, 7) is 3.49. The molecule has 0 radical (unpaired) electrons. The quantitative estimate of drug-likeness (QED) is 0.783. The molecule has 0 bridgehead atoms. The van der Waals surface area contributed by atoms with Crippen molar-refractivity contribution in [1.82, 2.24) is 0 Å². The third-order valence-corrected chi connectivity index (χ3v) is 5.30. The molecule has 0 amide bonds. The molecule has 122 valence electrons. The lowest BCUT2D eigenvalue weighted by molar-refractivity contribution is 0.386. The zero-order valence-corrected chi connectivity index (χ0v) is 14.0. The molecule has 2 aromatic rings. The highest BCUT2D eigenvalue weighted by atomic mass is 32.2. The minimum atomic E-state index is -3.77. The van der Waals surface area contributed by atoms with Crippen molar-refractivity contribution in [2.45, 2.75) is 24.1 Å². The fourth-order valence-electron chi connectivity index (χ4n) is 2.17. The highest BCUT2D eigenvalue weighted by Crippen LogP contribution is 2.32. The van der Waals surface area contributed by atoms with Gasteiger partial charge in [-0.2, -0.15) is 0 Å². The van der Waals surface area contributed by atoms with E-state index in [2.05, 4.69) is 4.99 Å². The maximum absolute atomic E-state index is 13.9. The van der Waals surface area contributed by atoms with Crippen LogP contribution in [0.5, 0.6) is 5.75 Å². The van der Waals surface area contributed by atoms with E-state index in [0.717, 1.165) is 11.6 Å². The van der Waals surface area contributed by atoms with E-state index in [9.17, 15) is 12.8 Å². The largest absolute Gasteiger partial charge is 0.494 e. The summed E-state index contributed by atoms with van der Waals surface area (Å²) in [5, 5.41) is -1.20. The lowest BCUT2D eigenvalue weighted by atomic mass is 10.2. The summed E-state index contributed by atoms with van der Waals surface area (Å²) in [6.07, 6.45) is 1.40. The van der Waals surface area contributed by atoms with Crippen LogP contribution in [0.3, 0.4) is 0 Å². The summed E-state index contributed by atoms with van der Waals surface area (Å²) in [4.78, 5) is 4.19. The second-order valence-corrected chi connectivity index (χ2v) is 7.02. The monoisotopic (exact) mass is 335 g/mol. The molecular weight excluding hydrogens is 317 g/mol. The van der Waals surface area contributed by atoms with Crippen LogP contribution in [0.1, 0.15) is 23.4 Å². The third-order valence-electron chi connectivity index (χ3n) is 3.39. The van der Waals surface area contributed by atoms with E-state index in [1.54, 1.807) is 19.1 Å². The first-order valence-electron chi connectivity index (χ1n) is 7.02. The molecule has 0 aromatic heterocycles. The number of aliphatic imine (C=N–C) groups is 1. The minimum Gasteiger partial charge on any atom is -0.494 e. The molecule has 23 heavy (non-hydrogen) atoms. The zero-order chi connectivity index (χ0) is 17.0. The van der Waals surface area contributed by atoms with Gasteiger partial charge in [-0.25, -0.2) is 12.8 Å². The van der Waals surface area contributed by atoms with Crippen molar-refractivity contribution in [3.05, 3.63) is 59.4 Å². The number of hydrogen-bond donors (Lipinski definition) is 0. The Bertz CT molecular complexity index is 814. The molecule has 0 N–H and O–H groups in total. The molecule has 1 unspecified atom stereocenters. The summed E-state index contributed by atoms with van der Waals surface area (Å²) < 4.78 is 44.4. The van der Waals surface area contributed by atoms with E-state index in [-0.39, 0.29) is 16.2 Å². The normalized spacial score (nSPS) is 13.2. The summed E-state index contributed by atoms with van der Waals surface area (Å²) in [5.41, 5.74) is 1.21. The highest BCUT2D eigenvalue weighted by molar-refractivity contribution is 7.91. The van der Waals surface area contributed by atoms with E-state index in [1.165, 1.54) is 37.6 Å². The standard InChI is InChI=1S/C17H18FNO3S/c1-4-19-17(13-7-10-16(22-3)15(18)11-13)23(20,21)14-8-5-12(2)6-9-14/h4-11,17H,1-3H3/b19-4+. The molecule has 0 saturated heterocycles. The number of nitrogens with zero attached hydrogens (tertiary/aromatic N) is 1. The van der Waals surface area contributed by atoms with E-state index in [0.29, 0.717) is 0 Å². The average Bonchev–Trinajstić information content (AvgIpc) is 2.52. The van der Waals surface area contributed by atoms with Crippen molar-refractivity contribution in [2.75, 3.05) is 7.11 Å². The Balaban J connectivity index is 2.53. The van der Waals surface area contributed by atoms with E-state index < -0.39 is 21.0 Å². The van der Waals surface area contributed by atoms with Crippen LogP contribution in [0.4, 0.5) is 4.39 Å². The summed E-state index contributed by atoms with van der Waals surface area (Å²) >= 11 is 0. The predicted molar refractivity (Wildman–Crippen MR) is 88.2 cm³/mol. The van der Waals surface area contributed by atoms with Gasteiger partial charge in [0, 0.05) is 0 Å². The molecule has 0 fully saturated rings. The lowest BCUT2D eigenvalue weighted by Crippen LogP contribution is -2.12. The van der Waals surface area contributed by atoms with Gasteiger partial charge in [0.1, 0.15) is 0 Å². The number of benzene rings is 2. The van der Waals surface area contributed by atoms with Gasteiger partial charge < -0.3 is 4.74 Å². The topological polar surface area (TPSA) is 55.7 Å². The van der Waals surface area contributed by atoms with Gasteiger partial charge in [0.15, 0.2) is 16.9 Å². The van der Waals surface area contributed by atoms with Gasteiger partial charge in [0.05, 0.1) is 12.0 Å². The second-order valence-electron chi connectivity index (χ2n) is 5.01. The molecule has 0 saturated carbocycles. The Hall–Kier alpha value is -2.21. The van der Waals surface area contributed by atoms with Crippen molar-refractivity contribution >= 4 is 16.1 Å². The Labute approximate surface area is 135 Å². The molecule has 0 spiro atoms. The number of ether oxygens (including phenoxy) is 1. The van der Waals surface area contributed by atoms with E-state index in [1.807, 2.05) is 6.92 Å². The Morgan fingerprint density at radius 1 is 1.17 bits per heavy atom. The van der Waals surface area contributed by atoms with Crippen LogP contribution >= 0.6 is 0 Å². The molecule has 0 aliphatic carbocycles. The van der Waals surface area contributed by atoms with Crippen molar-refractivity contribution in [3.63, 3.8) is 0 Å². The number of aryl methyl sites for hydroxylation is 1. The summed E-state index contributed by atoms with van der Waals surface area (Å²) in [5.74, 6) is -0.568. The second kappa shape index (κ2) is 6.91. The first-order chi connectivity index (χ1) is 10.9. The maximum atomic E-state index is 13.9. The number of methoxy groups -OCH3 is 1. The van der Waals surface area contributed by atoms with Gasteiger partial charge in [0.25, 0.3) is 0 Å². The number of halogens is 1. The van der Waals surface area contributed by atoms with Crippen LogP contribution in [-0.4, -0.2) is 21.7 Å². The van der Waals surface area contributed by atoms with Crippen LogP contribution in [0.2, 0.25) is 0 Å². The van der Waals surface area contributed by atoms with Crippen LogP contribution in [0, 0.1) is 12.7 Å². The number of sulfone groups is 1. The van der Waals surface area contributed by atoms with Gasteiger partial charge in [0.2, 0.25) is 9.84 Å². The fraction of sp³-hybridized carbons (Fsp3) is 0.235. The zero-order valence-electron chi connectivity index (χ0n) is 13.2. The fourth-order valence-corrected chi connectivity index (χ4v) is 3.73. The van der Waals surface area contributed by atoms with Crippen LogP contribution < -0.4 is 4.74 Å². The molecule has 1 atom stereocenters. The Kier molecular flexibility index (Phi) is 5.15. The molecule has 0 aliphatic rings. The SMILES string of the molecule is C/C=N/C(c1ccc(OC)c(F)c1)S(=O)(=O)c1ccc(C)cc1. The van der Waals surface area contributed by atoms with Crippen molar-refractivity contribution < 1.29 is 17.5 Å². The first-order valence-corrected chi connectivity index (χ1v) is 8.56. The molecule has 4 nitrogen and oxygen atoms in total. The smallest absolute Gasteiger partial charge is 0.205 e. The number of hydrogen-bond acceptors (Lipinski definition) is 4. The maximum Gasteiger partial charge on any atom is 0.205 e. The van der Waals surface area contributed by atoms with Gasteiger partial charge >= 0.3 is 0 Å². The lowest BCUT2D eigenvalue weighted by Gasteiger charge is -2.15. The van der Waals surface area contributed by atoms with Crippen molar-refractivity contribution in [2.24, 2.45) is 4.99 Å².